The summed E-state index contributed by atoms with van der Waals surface area (Å²) in [5, 5.41) is 3.66. The van der Waals surface area contributed by atoms with E-state index in [1.807, 2.05) is 36.4 Å². The molecule has 0 aliphatic carbocycles. The molecule has 1 saturated heterocycles. The minimum atomic E-state index is -0.0633. The van der Waals surface area contributed by atoms with Gasteiger partial charge in [0.15, 0.2) is 0 Å². The summed E-state index contributed by atoms with van der Waals surface area (Å²) in [5.41, 5.74) is 1.62. The second kappa shape index (κ2) is 8.91. The number of likely N-dealkylation sites (tertiary alicyclic amines) is 1. The number of hydrogen-bond acceptors (Lipinski definition) is 3. The summed E-state index contributed by atoms with van der Waals surface area (Å²) in [4.78, 5) is 26.9. The summed E-state index contributed by atoms with van der Waals surface area (Å²) >= 11 is 5.87. The minimum absolute atomic E-state index is 0.0195. The van der Waals surface area contributed by atoms with E-state index in [1.54, 1.807) is 24.1 Å². The van der Waals surface area contributed by atoms with Crippen LogP contribution in [0.1, 0.15) is 28.8 Å². The number of carbonyl (C=O) groups excluding carboxylic acids is 2. The Labute approximate surface area is 164 Å². The Balaban J connectivity index is 1.49. The molecule has 1 aliphatic rings. The molecule has 2 aromatic rings. The molecule has 1 fully saturated rings. The summed E-state index contributed by atoms with van der Waals surface area (Å²) in [6, 6.07) is 14.6. The van der Waals surface area contributed by atoms with Crippen molar-refractivity contribution in [2.75, 3.05) is 20.2 Å². The van der Waals surface area contributed by atoms with Gasteiger partial charge in [0, 0.05) is 36.1 Å². The largest absolute Gasteiger partial charge is 0.497 e. The Hall–Kier alpha value is -2.53. The average Bonchev–Trinajstić information content (AvgIpc) is 2.72. The first kappa shape index (κ1) is 19.2. The van der Waals surface area contributed by atoms with Crippen LogP contribution >= 0.6 is 11.6 Å². The smallest absolute Gasteiger partial charge is 0.253 e. The second-order valence-corrected chi connectivity index (χ2v) is 7.08. The summed E-state index contributed by atoms with van der Waals surface area (Å²) in [6.45, 7) is 1.64. The lowest BCUT2D eigenvalue weighted by Crippen LogP contribution is -2.42. The van der Waals surface area contributed by atoms with Crippen LogP contribution in [0.5, 0.6) is 5.75 Å². The van der Waals surface area contributed by atoms with E-state index < -0.39 is 0 Å². The van der Waals surface area contributed by atoms with Gasteiger partial charge < -0.3 is 15.0 Å². The zero-order chi connectivity index (χ0) is 19.2. The van der Waals surface area contributed by atoms with Crippen molar-refractivity contribution in [2.24, 2.45) is 5.92 Å². The molecule has 1 aliphatic heterocycles. The lowest BCUT2D eigenvalue weighted by Gasteiger charge is -2.31. The van der Waals surface area contributed by atoms with Gasteiger partial charge in [-0.05, 0) is 48.7 Å². The van der Waals surface area contributed by atoms with Crippen molar-refractivity contribution in [2.45, 2.75) is 19.4 Å². The lowest BCUT2D eigenvalue weighted by atomic mass is 9.95. The Kier molecular flexibility index (Phi) is 6.35. The number of benzene rings is 2. The summed E-state index contributed by atoms with van der Waals surface area (Å²) in [5.74, 6) is 0.622. The maximum atomic E-state index is 12.6. The number of rotatable bonds is 5. The van der Waals surface area contributed by atoms with E-state index in [1.165, 1.54) is 0 Å². The number of methoxy groups -OCH3 is 1. The van der Waals surface area contributed by atoms with E-state index in [9.17, 15) is 9.59 Å². The van der Waals surface area contributed by atoms with E-state index >= 15 is 0 Å². The molecule has 0 unspecified atom stereocenters. The Morgan fingerprint density at radius 1 is 1.15 bits per heavy atom. The zero-order valence-electron chi connectivity index (χ0n) is 15.3. The predicted molar refractivity (Wildman–Crippen MR) is 105 cm³/mol. The standard InChI is InChI=1S/C21H23ClN2O3/c1-27-19-4-2-3-17(13-19)21(26)24-11-9-16(10-12-24)20(25)23-14-15-5-7-18(22)8-6-15/h2-8,13,16H,9-12,14H2,1H3,(H,23,25). The van der Waals surface area contributed by atoms with Crippen molar-refractivity contribution in [1.29, 1.82) is 0 Å². The molecule has 3 rings (SSSR count). The molecule has 5 nitrogen and oxygen atoms in total. The first-order valence-corrected chi connectivity index (χ1v) is 9.40. The highest BCUT2D eigenvalue weighted by molar-refractivity contribution is 6.30. The van der Waals surface area contributed by atoms with Crippen LogP contribution in [0, 0.1) is 5.92 Å². The number of amides is 2. The van der Waals surface area contributed by atoms with Gasteiger partial charge in [-0.15, -0.1) is 0 Å². The first-order chi connectivity index (χ1) is 13.1. The molecule has 142 valence electrons. The van der Waals surface area contributed by atoms with Crippen LogP contribution in [0.2, 0.25) is 5.02 Å². The molecule has 0 bridgehead atoms. The molecule has 0 aromatic heterocycles. The molecule has 1 heterocycles. The highest BCUT2D eigenvalue weighted by atomic mass is 35.5. The molecular formula is C21H23ClN2O3. The van der Waals surface area contributed by atoms with Crippen LogP contribution in [0.15, 0.2) is 48.5 Å². The fourth-order valence-corrected chi connectivity index (χ4v) is 3.35. The third-order valence-corrected chi connectivity index (χ3v) is 5.10. The van der Waals surface area contributed by atoms with Crippen molar-refractivity contribution >= 4 is 23.4 Å². The van der Waals surface area contributed by atoms with Crippen molar-refractivity contribution in [3.05, 3.63) is 64.7 Å². The molecule has 0 radical (unpaired) electrons. The number of piperidine rings is 1. The van der Waals surface area contributed by atoms with E-state index in [-0.39, 0.29) is 17.7 Å². The molecule has 2 aromatic carbocycles. The van der Waals surface area contributed by atoms with Gasteiger partial charge in [0.2, 0.25) is 5.91 Å². The van der Waals surface area contributed by atoms with E-state index in [2.05, 4.69) is 5.32 Å². The summed E-state index contributed by atoms with van der Waals surface area (Å²) < 4.78 is 5.18. The maximum Gasteiger partial charge on any atom is 0.253 e. The quantitative estimate of drug-likeness (QED) is 0.855. The second-order valence-electron chi connectivity index (χ2n) is 6.64. The number of carbonyl (C=O) groups is 2. The Morgan fingerprint density at radius 3 is 2.52 bits per heavy atom. The van der Waals surface area contributed by atoms with E-state index in [0.29, 0.717) is 48.8 Å². The highest BCUT2D eigenvalue weighted by Gasteiger charge is 2.27. The number of halogens is 1. The third-order valence-electron chi connectivity index (χ3n) is 4.85. The van der Waals surface area contributed by atoms with Gasteiger partial charge >= 0.3 is 0 Å². The zero-order valence-corrected chi connectivity index (χ0v) is 16.0. The number of nitrogens with one attached hydrogen (secondary N) is 1. The van der Waals surface area contributed by atoms with Gasteiger partial charge in [-0.25, -0.2) is 0 Å². The summed E-state index contributed by atoms with van der Waals surface area (Å²) in [6.07, 6.45) is 1.34. The van der Waals surface area contributed by atoms with Crippen LogP contribution < -0.4 is 10.1 Å². The van der Waals surface area contributed by atoms with Crippen molar-refractivity contribution in [1.82, 2.24) is 10.2 Å². The van der Waals surface area contributed by atoms with Crippen molar-refractivity contribution in [3.63, 3.8) is 0 Å². The molecule has 0 spiro atoms. The monoisotopic (exact) mass is 386 g/mol. The highest BCUT2D eigenvalue weighted by Crippen LogP contribution is 2.21. The molecular weight excluding hydrogens is 364 g/mol. The maximum absolute atomic E-state index is 12.6. The first-order valence-electron chi connectivity index (χ1n) is 9.02. The van der Waals surface area contributed by atoms with E-state index in [0.717, 1.165) is 5.56 Å². The molecule has 1 N–H and O–H groups in total. The van der Waals surface area contributed by atoms with Gasteiger partial charge in [-0.2, -0.15) is 0 Å². The molecule has 27 heavy (non-hydrogen) atoms. The van der Waals surface area contributed by atoms with Gasteiger partial charge in [0.05, 0.1) is 7.11 Å². The van der Waals surface area contributed by atoms with Crippen LogP contribution in [0.25, 0.3) is 0 Å². The SMILES string of the molecule is COc1cccc(C(=O)N2CCC(C(=O)NCc3ccc(Cl)cc3)CC2)c1. The summed E-state index contributed by atoms with van der Waals surface area (Å²) in [7, 11) is 1.58. The number of hydrogen-bond donors (Lipinski definition) is 1. The van der Waals surface area contributed by atoms with E-state index in [4.69, 9.17) is 16.3 Å². The predicted octanol–water partition coefficient (Wildman–Crippen LogP) is 3.52. The third kappa shape index (κ3) is 5.01. The Morgan fingerprint density at radius 2 is 1.85 bits per heavy atom. The van der Waals surface area contributed by atoms with Crippen molar-refractivity contribution < 1.29 is 14.3 Å². The molecule has 0 saturated carbocycles. The molecule has 2 amide bonds. The van der Waals surface area contributed by atoms with Gasteiger partial charge in [0.1, 0.15) is 5.75 Å². The van der Waals surface area contributed by atoms with Gasteiger partial charge in [-0.1, -0.05) is 29.8 Å². The topological polar surface area (TPSA) is 58.6 Å². The molecule has 0 atom stereocenters. The van der Waals surface area contributed by atoms with Crippen LogP contribution in [-0.2, 0) is 11.3 Å². The van der Waals surface area contributed by atoms with Crippen LogP contribution in [0.4, 0.5) is 0 Å². The molecule has 6 heteroatoms. The normalized spacial score (nSPS) is 14.7. The van der Waals surface area contributed by atoms with Gasteiger partial charge in [-0.3, -0.25) is 9.59 Å². The number of ether oxygens (including phenoxy) is 1. The number of nitrogens with zero attached hydrogens (tertiary/aromatic N) is 1. The fraction of sp³-hybridized carbons (Fsp3) is 0.333. The van der Waals surface area contributed by atoms with Gasteiger partial charge in [0.25, 0.3) is 5.91 Å². The Bertz CT molecular complexity index is 799. The van der Waals surface area contributed by atoms with Crippen molar-refractivity contribution in [3.8, 4) is 5.75 Å². The van der Waals surface area contributed by atoms with Crippen LogP contribution in [-0.4, -0.2) is 36.9 Å². The van der Waals surface area contributed by atoms with Crippen LogP contribution in [0.3, 0.4) is 0 Å². The fourth-order valence-electron chi connectivity index (χ4n) is 3.22. The average molecular weight is 387 g/mol. The lowest BCUT2D eigenvalue weighted by molar-refractivity contribution is -0.126. The minimum Gasteiger partial charge on any atom is -0.497 e.